The molecule has 0 aliphatic carbocycles. The number of benzene rings is 1. The van der Waals surface area contributed by atoms with Gasteiger partial charge in [0, 0.05) is 16.8 Å². The summed E-state index contributed by atoms with van der Waals surface area (Å²) in [4.78, 5) is 34.1. The molecule has 1 aromatic carbocycles. The highest BCUT2D eigenvalue weighted by Crippen LogP contribution is 2.15. The standard InChI is InChI=1S/C14H20N4O3/c1-14(2,3)12(20)16-8-11(19)17-9-5-4-6-10(7-9)18-13(15)21/h4-7H,8H2,1-3H3,(H,16,20)(H,17,19)(H3,15,18,21). The van der Waals surface area contributed by atoms with Crippen molar-refractivity contribution in [3.8, 4) is 0 Å². The van der Waals surface area contributed by atoms with E-state index in [1.807, 2.05) is 0 Å². The van der Waals surface area contributed by atoms with Crippen molar-refractivity contribution in [2.24, 2.45) is 11.1 Å². The molecule has 5 N–H and O–H groups in total. The van der Waals surface area contributed by atoms with Gasteiger partial charge in [0.25, 0.3) is 0 Å². The van der Waals surface area contributed by atoms with Gasteiger partial charge in [0.1, 0.15) is 0 Å². The van der Waals surface area contributed by atoms with Crippen LogP contribution in [0.5, 0.6) is 0 Å². The highest BCUT2D eigenvalue weighted by atomic mass is 16.2. The smallest absolute Gasteiger partial charge is 0.316 e. The van der Waals surface area contributed by atoms with Gasteiger partial charge in [0.15, 0.2) is 0 Å². The highest BCUT2D eigenvalue weighted by molar-refractivity contribution is 5.96. The first-order valence-electron chi connectivity index (χ1n) is 6.43. The number of hydrogen-bond donors (Lipinski definition) is 4. The molecular weight excluding hydrogens is 272 g/mol. The lowest BCUT2D eigenvalue weighted by molar-refractivity contribution is -0.130. The number of nitrogens with one attached hydrogen (secondary N) is 3. The van der Waals surface area contributed by atoms with Crippen molar-refractivity contribution < 1.29 is 14.4 Å². The Kier molecular flexibility index (Phi) is 5.29. The molecule has 1 aromatic rings. The van der Waals surface area contributed by atoms with Gasteiger partial charge in [-0.25, -0.2) is 4.79 Å². The summed E-state index contributed by atoms with van der Waals surface area (Å²) in [7, 11) is 0. The van der Waals surface area contributed by atoms with Crippen LogP contribution >= 0.6 is 0 Å². The lowest BCUT2D eigenvalue weighted by Crippen LogP contribution is -2.39. The van der Waals surface area contributed by atoms with Crippen LogP contribution in [0.1, 0.15) is 20.8 Å². The second kappa shape index (κ2) is 6.74. The Morgan fingerprint density at radius 2 is 1.67 bits per heavy atom. The van der Waals surface area contributed by atoms with Gasteiger partial charge in [0.2, 0.25) is 11.8 Å². The molecule has 4 amide bonds. The summed E-state index contributed by atoms with van der Waals surface area (Å²) < 4.78 is 0. The monoisotopic (exact) mass is 292 g/mol. The Morgan fingerprint density at radius 1 is 1.10 bits per heavy atom. The molecule has 0 atom stereocenters. The molecule has 0 saturated heterocycles. The van der Waals surface area contributed by atoms with E-state index in [2.05, 4.69) is 16.0 Å². The van der Waals surface area contributed by atoms with Crippen molar-refractivity contribution in [1.82, 2.24) is 5.32 Å². The van der Waals surface area contributed by atoms with Crippen LogP contribution in [0.25, 0.3) is 0 Å². The maximum absolute atomic E-state index is 11.7. The maximum Gasteiger partial charge on any atom is 0.316 e. The average Bonchev–Trinajstić information content (AvgIpc) is 2.34. The van der Waals surface area contributed by atoms with E-state index >= 15 is 0 Å². The molecule has 7 heteroatoms. The normalized spacial score (nSPS) is 10.6. The van der Waals surface area contributed by atoms with Crippen molar-refractivity contribution >= 4 is 29.2 Å². The fraction of sp³-hybridized carbons (Fsp3) is 0.357. The Balaban J connectivity index is 2.55. The maximum atomic E-state index is 11.7. The number of carbonyl (C=O) groups excluding carboxylic acids is 3. The first-order chi connectivity index (χ1) is 9.68. The molecule has 0 radical (unpaired) electrons. The largest absolute Gasteiger partial charge is 0.351 e. The van der Waals surface area contributed by atoms with Crippen LogP contribution in [-0.4, -0.2) is 24.4 Å². The first-order valence-corrected chi connectivity index (χ1v) is 6.43. The lowest BCUT2D eigenvalue weighted by atomic mass is 9.96. The van der Waals surface area contributed by atoms with Crippen LogP contribution in [0, 0.1) is 5.41 Å². The summed E-state index contributed by atoms with van der Waals surface area (Å²) in [5, 5.41) is 7.57. The summed E-state index contributed by atoms with van der Waals surface area (Å²) in [6, 6.07) is 5.84. The first kappa shape index (κ1) is 16.5. The van der Waals surface area contributed by atoms with E-state index in [9.17, 15) is 14.4 Å². The molecule has 7 nitrogen and oxygen atoms in total. The van der Waals surface area contributed by atoms with E-state index in [4.69, 9.17) is 5.73 Å². The minimum absolute atomic E-state index is 0.121. The van der Waals surface area contributed by atoms with Crippen LogP contribution in [0.15, 0.2) is 24.3 Å². The number of hydrogen-bond acceptors (Lipinski definition) is 3. The van der Waals surface area contributed by atoms with Crippen LogP contribution in [-0.2, 0) is 9.59 Å². The van der Waals surface area contributed by atoms with Gasteiger partial charge in [-0.2, -0.15) is 0 Å². The molecule has 0 bridgehead atoms. The van der Waals surface area contributed by atoms with Crippen LogP contribution in [0.4, 0.5) is 16.2 Å². The van der Waals surface area contributed by atoms with Gasteiger partial charge in [0.05, 0.1) is 6.54 Å². The molecule has 0 heterocycles. The third kappa shape index (κ3) is 5.94. The lowest BCUT2D eigenvalue weighted by Gasteiger charge is -2.17. The fourth-order valence-electron chi connectivity index (χ4n) is 1.45. The number of primary amides is 1. The number of carbonyl (C=O) groups is 3. The van der Waals surface area contributed by atoms with Crippen molar-refractivity contribution in [3.63, 3.8) is 0 Å². The summed E-state index contributed by atoms with van der Waals surface area (Å²) in [5.74, 6) is -0.564. The molecule has 0 unspecified atom stereocenters. The minimum atomic E-state index is -0.684. The van der Waals surface area contributed by atoms with Gasteiger partial charge in [-0.3, -0.25) is 9.59 Å². The van der Waals surface area contributed by atoms with Crippen molar-refractivity contribution in [2.45, 2.75) is 20.8 Å². The van der Waals surface area contributed by atoms with Crippen LogP contribution in [0.3, 0.4) is 0 Å². The quantitative estimate of drug-likeness (QED) is 0.670. The molecule has 0 aromatic heterocycles. The van der Waals surface area contributed by atoms with Crippen LogP contribution < -0.4 is 21.7 Å². The molecule has 0 spiro atoms. The zero-order valence-electron chi connectivity index (χ0n) is 12.3. The molecule has 0 aliphatic rings. The molecule has 1 rings (SSSR count). The number of amides is 4. The Morgan fingerprint density at radius 3 is 2.19 bits per heavy atom. The zero-order chi connectivity index (χ0) is 16.0. The molecule has 0 fully saturated rings. The second-order valence-corrected chi connectivity index (χ2v) is 5.55. The van der Waals surface area contributed by atoms with Gasteiger partial charge in [-0.1, -0.05) is 26.8 Å². The average molecular weight is 292 g/mol. The Labute approximate surface area is 123 Å². The summed E-state index contributed by atoms with van der Waals surface area (Å²) in [5.41, 5.74) is 5.43. The Bertz CT molecular complexity index is 549. The summed E-state index contributed by atoms with van der Waals surface area (Å²) >= 11 is 0. The van der Waals surface area contributed by atoms with Gasteiger partial charge in [-0.05, 0) is 18.2 Å². The third-order valence-electron chi connectivity index (χ3n) is 2.50. The second-order valence-electron chi connectivity index (χ2n) is 5.55. The van der Waals surface area contributed by atoms with E-state index in [0.717, 1.165) is 0 Å². The number of nitrogens with two attached hydrogens (primary N) is 1. The molecular formula is C14H20N4O3. The fourth-order valence-corrected chi connectivity index (χ4v) is 1.45. The van der Waals surface area contributed by atoms with E-state index in [1.54, 1.807) is 45.0 Å². The number of rotatable bonds is 4. The molecule has 21 heavy (non-hydrogen) atoms. The van der Waals surface area contributed by atoms with Crippen LogP contribution in [0.2, 0.25) is 0 Å². The summed E-state index contributed by atoms with van der Waals surface area (Å²) in [6.45, 7) is 5.17. The van der Waals surface area contributed by atoms with Crippen molar-refractivity contribution in [1.29, 1.82) is 0 Å². The predicted octanol–water partition coefficient (Wildman–Crippen LogP) is 1.28. The van der Waals surface area contributed by atoms with E-state index in [0.29, 0.717) is 11.4 Å². The summed E-state index contributed by atoms with van der Waals surface area (Å²) in [6.07, 6.45) is 0. The van der Waals surface area contributed by atoms with E-state index in [-0.39, 0.29) is 18.4 Å². The van der Waals surface area contributed by atoms with Crippen molar-refractivity contribution in [3.05, 3.63) is 24.3 Å². The van der Waals surface area contributed by atoms with Gasteiger partial charge >= 0.3 is 6.03 Å². The topological polar surface area (TPSA) is 113 Å². The van der Waals surface area contributed by atoms with Crippen molar-refractivity contribution in [2.75, 3.05) is 17.2 Å². The molecule has 0 aliphatic heterocycles. The molecule has 114 valence electrons. The number of urea groups is 1. The van der Waals surface area contributed by atoms with Gasteiger partial charge < -0.3 is 21.7 Å². The minimum Gasteiger partial charge on any atom is -0.351 e. The SMILES string of the molecule is CC(C)(C)C(=O)NCC(=O)Nc1cccc(NC(N)=O)c1. The predicted molar refractivity (Wildman–Crippen MR) is 80.7 cm³/mol. The van der Waals surface area contributed by atoms with E-state index in [1.165, 1.54) is 0 Å². The Hall–Kier alpha value is -2.57. The molecule has 0 saturated carbocycles. The zero-order valence-corrected chi connectivity index (χ0v) is 12.3. The van der Waals surface area contributed by atoms with Gasteiger partial charge in [-0.15, -0.1) is 0 Å². The van der Waals surface area contributed by atoms with E-state index < -0.39 is 11.4 Å². The highest BCUT2D eigenvalue weighted by Gasteiger charge is 2.21. The number of anilines is 2. The third-order valence-corrected chi connectivity index (χ3v) is 2.50.